The minimum Gasteiger partial charge on any atom is -0.0952 e. The van der Waals surface area contributed by atoms with E-state index in [-0.39, 0.29) is 0 Å². The summed E-state index contributed by atoms with van der Waals surface area (Å²) in [4.78, 5) is 0. The summed E-state index contributed by atoms with van der Waals surface area (Å²) in [5.41, 5.74) is 5.57. The van der Waals surface area contributed by atoms with Crippen LogP contribution < -0.4 is 0 Å². The van der Waals surface area contributed by atoms with Crippen LogP contribution in [0.1, 0.15) is 31.7 Å². The van der Waals surface area contributed by atoms with Crippen molar-refractivity contribution in [3.05, 3.63) is 51.1 Å². The van der Waals surface area contributed by atoms with Gasteiger partial charge in [0.1, 0.15) is 0 Å². The highest BCUT2D eigenvalue weighted by Gasteiger charge is 2.16. The van der Waals surface area contributed by atoms with Gasteiger partial charge in [-0.05, 0) is 71.6 Å². The predicted octanol–water partition coefficient (Wildman–Crippen LogP) is 4.80. The molecule has 0 heterocycles. The Bertz CT molecular complexity index is 427. The molecular weight excluding hydrogens is 295 g/mol. The molecule has 1 aromatic rings. The molecule has 78 valence electrons. The Labute approximate surface area is 105 Å². The molecule has 0 amide bonds. The van der Waals surface area contributed by atoms with E-state index >= 15 is 0 Å². The molecule has 0 unspecified atom stereocenters. The molecule has 0 saturated carbocycles. The van der Waals surface area contributed by atoms with Gasteiger partial charge in [0.05, 0.1) is 0 Å². The maximum Gasteiger partial charge on any atom is 0.0208 e. The van der Waals surface area contributed by atoms with E-state index in [1.807, 2.05) is 0 Å². The minimum absolute atomic E-state index is 1.15. The van der Waals surface area contributed by atoms with Crippen molar-refractivity contribution in [2.45, 2.75) is 26.2 Å². The van der Waals surface area contributed by atoms with E-state index in [0.29, 0.717) is 0 Å². The zero-order valence-corrected chi connectivity index (χ0v) is 11.2. The van der Waals surface area contributed by atoms with Gasteiger partial charge in [-0.1, -0.05) is 30.4 Å². The predicted molar refractivity (Wildman–Crippen MR) is 74.7 cm³/mol. The molecule has 0 aromatic heterocycles. The second-order valence-corrected chi connectivity index (χ2v) is 5.25. The topological polar surface area (TPSA) is 0 Å². The van der Waals surface area contributed by atoms with E-state index in [4.69, 9.17) is 0 Å². The Morgan fingerprint density at radius 1 is 1.20 bits per heavy atom. The lowest BCUT2D eigenvalue weighted by Crippen LogP contribution is -2.01. The number of hydrogen-bond donors (Lipinski definition) is 0. The number of hydrogen-bond acceptors (Lipinski definition) is 0. The second kappa shape index (κ2) is 4.52. The van der Waals surface area contributed by atoms with Crippen LogP contribution in [0.5, 0.6) is 0 Å². The summed E-state index contributed by atoms with van der Waals surface area (Å²) in [6, 6.07) is 8.57. The summed E-state index contributed by atoms with van der Waals surface area (Å²) in [5.74, 6) is 0. The average molecular weight is 310 g/mol. The third-order valence-corrected chi connectivity index (χ3v) is 3.89. The quantitative estimate of drug-likeness (QED) is 0.653. The highest BCUT2D eigenvalue weighted by Crippen LogP contribution is 2.36. The summed E-state index contributed by atoms with van der Waals surface area (Å²) >= 11 is 2.41. The van der Waals surface area contributed by atoms with Gasteiger partial charge in [-0.15, -0.1) is 0 Å². The number of allylic oxidation sites excluding steroid dienone is 3. The Hall–Kier alpha value is -0.570. The number of benzene rings is 1. The number of halogens is 1. The molecule has 0 spiro atoms. The van der Waals surface area contributed by atoms with Gasteiger partial charge in [-0.3, -0.25) is 0 Å². The zero-order valence-electron chi connectivity index (χ0n) is 9.02. The Balaban J connectivity index is 2.54. The molecule has 0 atom stereocenters. The van der Waals surface area contributed by atoms with E-state index in [1.165, 1.54) is 38.7 Å². The van der Waals surface area contributed by atoms with Crippen LogP contribution in [0.25, 0.3) is 5.57 Å². The second-order valence-electron chi connectivity index (χ2n) is 4.09. The van der Waals surface area contributed by atoms with Gasteiger partial charge in [0, 0.05) is 3.57 Å². The monoisotopic (exact) mass is 310 g/mol. The van der Waals surface area contributed by atoms with Gasteiger partial charge < -0.3 is 0 Å². The Kier molecular flexibility index (Phi) is 3.29. The van der Waals surface area contributed by atoms with Crippen molar-refractivity contribution >= 4 is 28.2 Å². The normalized spacial score (nSPS) is 17.1. The van der Waals surface area contributed by atoms with E-state index < -0.39 is 0 Å². The molecule has 0 saturated heterocycles. The Morgan fingerprint density at radius 3 is 2.60 bits per heavy atom. The van der Waals surface area contributed by atoms with Crippen molar-refractivity contribution in [3.8, 4) is 0 Å². The van der Waals surface area contributed by atoms with Crippen LogP contribution in [-0.2, 0) is 0 Å². The third kappa shape index (κ3) is 2.17. The van der Waals surface area contributed by atoms with Crippen LogP contribution in [-0.4, -0.2) is 0 Å². The summed E-state index contributed by atoms with van der Waals surface area (Å²) in [5, 5.41) is 0. The first-order chi connectivity index (χ1) is 7.20. The van der Waals surface area contributed by atoms with E-state index in [9.17, 15) is 0 Å². The molecule has 1 aliphatic rings. The summed E-state index contributed by atoms with van der Waals surface area (Å²) in [6.07, 6.45) is 3.63. The molecule has 0 radical (unpaired) electrons. The van der Waals surface area contributed by atoms with Crippen molar-refractivity contribution in [1.82, 2.24) is 0 Å². The van der Waals surface area contributed by atoms with Crippen LogP contribution in [0.15, 0.2) is 42.0 Å². The zero-order chi connectivity index (χ0) is 10.8. The fraction of sp³-hybridized carbons (Fsp3) is 0.286. The molecule has 0 N–H and O–H groups in total. The van der Waals surface area contributed by atoms with Gasteiger partial charge in [0.2, 0.25) is 0 Å². The van der Waals surface area contributed by atoms with Gasteiger partial charge in [-0.25, -0.2) is 0 Å². The number of rotatable bonds is 1. The van der Waals surface area contributed by atoms with Crippen LogP contribution in [0.3, 0.4) is 0 Å². The molecule has 2 rings (SSSR count). The first-order valence-electron chi connectivity index (χ1n) is 5.33. The largest absolute Gasteiger partial charge is 0.0952 e. The molecule has 1 heteroatoms. The molecule has 0 bridgehead atoms. The van der Waals surface area contributed by atoms with E-state index in [2.05, 4.69) is 60.4 Å². The minimum atomic E-state index is 1.15. The molecule has 0 fully saturated rings. The van der Waals surface area contributed by atoms with Crippen molar-refractivity contribution < 1.29 is 0 Å². The average Bonchev–Trinajstić information content (AvgIpc) is 2.20. The van der Waals surface area contributed by atoms with Crippen molar-refractivity contribution in [2.24, 2.45) is 0 Å². The van der Waals surface area contributed by atoms with Crippen LogP contribution in [0.4, 0.5) is 0 Å². The lowest BCUT2D eigenvalue weighted by Gasteiger charge is -2.21. The molecule has 15 heavy (non-hydrogen) atoms. The SMILES string of the molecule is C=C1CCCC(C)=C1c1ccccc1I. The van der Waals surface area contributed by atoms with Gasteiger partial charge >= 0.3 is 0 Å². The van der Waals surface area contributed by atoms with Gasteiger partial charge in [0.25, 0.3) is 0 Å². The molecule has 0 nitrogen and oxygen atoms in total. The fourth-order valence-electron chi connectivity index (χ4n) is 2.20. The van der Waals surface area contributed by atoms with Crippen LogP contribution in [0.2, 0.25) is 0 Å². The maximum atomic E-state index is 4.20. The third-order valence-electron chi connectivity index (χ3n) is 2.95. The molecule has 0 aliphatic heterocycles. The van der Waals surface area contributed by atoms with Crippen LogP contribution in [0, 0.1) is 3.57 Å². The standard InChI is InChI=1S/C14H15I/c1-10-6-5-7-11(2)14(10)12-8-3-4-9-13(12)15/h3-4,8-9H,1,5-7H2,2H3. The van der Waals surface area contributed by atoms with Crippen molar-refractivity contribution in [3.63, 3.8) is 0 Å². The van der Waals surface area contributed by atoms with Gasteiger partial charge in [0.15, 0.2) is 0 Å². The highest BCUT2D eigenvalue weighted by atomic mass is 127. The van der Waals surface area contributed by atoms with Crippen LogP contribution >= 0.6 is 22.6 Å². The fourth-order valence-corrected chi connectivity index (χ4v) is 2.86. The molecule has 1 aliphatic carbocycles. The first-order valence-corrected chi connectivity index (χ1v) is 6.41. The summed E-state index contributed by atoms with van der Waals surface area (Å²) < 4.78 is 1.33. The maximum absolute atomic E-state index is 4.20. The Morgan fingerprint density at radius 2 is 1.93 bits per heavy atom. The van der Waals surface area contributed by atoms with Gasteiger partial charge in [-0.2, -0.15) is 0 Å². The lowest BCUT2D eigenvalue weighted by atomic mass is 9.85. The van der Waals surface area contributed by atoms with Crippen molar-refractivity contribution in [1.29, 1.82) is 0 Å². The molecule has 1 aromatic carbocycles. The van der Waals surface area contributed by atoms with E-state index in [1.54, 1.807) is 0 Å². The summed E-state index contributed by atoms with van der Waals surface area (Å²) in [6.45, 7) is 6.44. The first kappa shape index (κ1) is 10.9. The molecular formula is C14H15I. The lowest BCUT2D eigenvalue weighted by molar-refractivity contribution is 0.793. The smallest absolute Gasteiger partial charge is 0.0208 e. The van der Waals surface area contributed by atoms with E-state index in [0.717, 1.165) is 6.42 Å². The highest BCUT2D eigenvalue weighted by molar-refractivity contribution is 14.1. The van der Waals surface area contributed by atoms with Crippen molar-refractivity contribution in [2.75, 3.05) is 0 Å². The summed E-state index contributed by atoms with van der Waals surface area (Å²) in [7, 11) is 0.